The number of aromatic nitrogens is 2. The molecule has 0 spiro atoms. The molecular weight excluding hydrogens is 342 g/mol. The fourth-order valence-corrected chi connectivity index (χ4v) is 2.91. The van der Waals surface area contributed by atoms with Gasteiger partial charge < -0.3 is 14.0 Å². The normalized spacial score (nSPS) is 10.8. The summed E-state index contributed by atoms with van der Waals surface area (Å²) in [4.78, 5) is 28.4. The first-order valence-corrected chi connectivity index (χ1v) is 8.50. The number of fused-ring (bicyclic) bond motifs is 1. The van der Waals surface area contributed by atoms with E-state index in [1.54, 1.807) is 53.7 Å². The molecule has 1 amide bonds. The van der Waals surface area contributed by atoms with Crippen LogP contribution in [0.25, 0.3) is 10.8 Å². The highest BCUT2D eigenvalue weighted by Crippen LogP contribution is 2.23. The van der Waals surface area contributed by atoms with Crippen LogP contribution in [0.4, 0.5) is 5.13 Å². The zero-order chi connectivity index (χ0) is 17.6. The smallest absolute Gasteiger partial charge is 0.264 e. The van der Waals surface area contributed by atoms with Gasteiger partial charge in [0, 0.05) is 36.8 Å². The molecule has 8 heteroatoms. The van der Waals surface area contributed by atoms with Crippen molar-refractivity contribution in [1.82, 2.24) is 9.55 Å². The molecule has 2 aromatic heterocycles. The molecule has 3 rings (SSSR count). The Morgan fingerprint density at radius 3 is 2.96 bits per heavy atom. The van der Waals surface area contributed by atoms with Crippen molar-refractivity contribution in [2.24, 2.45) is 0 Å². The van der Waals surface area contributed by atoms with Crippen LogP contribution in [0.1, 0.15) is 0 Å². The molecule has 0 aliphatic heterocycles. The van der Waals surface area contributed by atoms with Crippen LogP contribution in [-0.2, 0) is 16.1 Å². The zero-order valence-electron chi connectivity index (χ0n) is 13.6. The van der Waals surface area contributed by atoms with E-state index in [2.05, 4.69) is 10.3 Å². The first-order chi connectivity index (χ1) is 12.2. The number of carbonyl (C=O) groups is 1. The van der Waals surface area contributed by atoms with Gasteiger partial charge in [0.15, 0.2) is 11.7 Å². The van der Waals surface area contributed by atoms with Gasteiger partial charge in [0.2, 0.25) is 0 Å². The number of carbonyl (C=O) groups excluding carboxylic acids is 1. The molecule has 130 valence electrons. The molecular formula is C17H17N3O4S. The molecule has 0 atom stereocenters. The predicted molar refractivity (Wildman–Crippen MR) is 96.3 cm³/mol. The van der Waals surface area contributed by atoms with Crippen LogP contribution in [0.5, 0.6) is 5.75 Å². The first kappa shape index (κ1) is 17.1. The maximum absolute atomic E-state index is 12.5. The van der Waals surface area contributed by atoms with Gasteiger partial charge in [0.05, 0.1) is 12.0 Å². The standard InChI is InChI=1S/C17H17N3O4S/c1-23-9-8-20-7-5-12-13(16(20)22)3-2-4-14(12)24-11-15(21)19-17-18-6-10-25-17/h2-7,10H,8-9,11H2,1H3,(H,18,19,21). The molecule has 0 radical (unpaired) electrons. The van der Waals surface area contributed by atoms with Gasteiger partial charge in [-0.15, -0.1) is 11.3 Å². The molecule has 3 aromatic rings. The summed E-state index contributed by atoms with van der Waals surface area (Å²) < 4.78 is 12.2. The third kappa shape index (κ3) is 4.04. The molecule has 0 fully saturated rings. The van der Waals surface area contributed by atoms with E-state index < -0.39 is 0 Å². The van der Waals surface area contributed by atoms with Gasteiger partial charge in [0.1, 0.15) is 5.75 Å². The molecule has 7 nitrogen and oxygen atoms in total. The summed E-state index contributed by atoms with van der Waals surface area (Å²) in [6.07, 6.45) is 3.31. The number of amides is 1. The van der Waals surface area contributed by atoms with Crippen LogP contribution >= 0.6 is 11.3 Å². The van der Waals surface area contributed by atoms with Crippen LogP contribution < -0.4 is 15.6 Å². The highest BCUT2D eigenvalue weighted by molar-refractivity contribution is 7.13. The number of nitrogens with one attached hydrogen (secondary N) is 1. The van der Waals surface area contributed by atoms with E-state index in [0.717, 1.165) is 0 Å². The minimum atomic E-state index is -0.305. The molecule has 25 heavy (non-hydrogen) atoms. The predicted octanol–water partition coefficient (Wildman–Crippen LogP) is 2.12. The van der Waals surface area contributed by atoms with E-state index in [1.807, 2.05) is 0 Å². The van der Waals surface area contributed by atoms with E-state index in [4.69, 9.17) is 9.47 Å². The molecule has 0 unspecified atom stereocenters. The summed E-state index contributed by atoms with van der Waals surface area (Å²) in [5, 5.41) is 6.15. The Morgan fingerprint density at radius 2 is 2.20 bits per heavy atom. The first-order valence-electron chi connectivity index (χ1n) is 7.62. The number of nitrogens with zero attached hydrogens (tertiary/aromatic N) is 2. The van der Waals surface area contributed by atoms with Gasteiger partial charge in [-0.2, -0.15) is 0 Å². The molecule has 0 aliphatic rings. The molecule has 0 bridgehead atoms. The van der Waals surface area contributed by atoms with Gasteiger partial charge in [-0.1, -0.05) is 6.07 Å². The van der Waals surface area contributed by atoms with E-state index in [9.17, 15) is 9.59 Å². The van der Waals surface area contributed by atoms with Crippen molar-refractivity contribution in [2.45, 2.75) is 6.54 Å². The van der Waals surface area contributed by atoms with Gasteiger partial charge in [-0.05, 0) is 18.2 Å². The fraction of sp³-hybridized carbons (Fsp3) is 0.235. The summed E-state index contributed by atoms with van der Waals surface area (Å²) in [7, 11) is 1.59. The summed E-state index contributed by atoms with van der Waals surface area (Å²) in [5.41, 5.74) is -0.118. The largest absolute Gasteiger partial charge is 0.483 e. The molecule has 2 heterocycles. The molecule has 0 aliphatic carbocycles. The second kappa shape index (κ2) is 7.91. The van der Waals surface area contributed by atoms with E-state index >= 15 is 0 Å². The van der Waals surface area contributed by atoms with Crippen LogP contribution in [0, 0.1) is 0 Å². The Kier molecular flexibility index (Phi) is 5.42. The van der Waals surface area contributed by atoms with E-state index in [0.29, 0.717) is 34.8 Å². The lowest BCUT2D eigenvalue weighted by Gasteiger charge is -2.11. The fourth-order valence-electron chi connectivity index (χ4n) is 2.36. The maximum atomic E-state index is 12.5. The monoisotopic (exact) mass is 359 g/mol. The quantitative estimate of drug-likeness (QED) is 0.699. The van der Waals surface area contributed by atoms with Gasteiger partial charge in [-0.3, -0.25) is 14.9 Å². The van der Waals surface area contributed by atoms with Crippen LogP contribution in [0.2, 0.25) is 0 Å². The SMILES string of the molecule is COCCn1ccc2c(OCC(=O)Nc3nccs3)cccc2c1=O. The highest BCUT2D eigenvalue weighted by atomic mass is 32.1. The Morgan fingerprint density at radius 1 is 1.32 bits per heavy atom. The Bertz CT molecular complexity index is 921. The van der Waals surface area contributed by atoms with Crippen molar-refractivity contribution in [3.8, 4) is 5.75 Å². The number of ether oxygens (including phenoxy) is 2. The van der Waals surface area contributed by atoms with Gasteiger partial charge >= 0.3 is 0 Å². The summed E-state index contributed by atoms with van der Waals surface area (Å²) in [6.45, 7) is 0.774. The third-order valence-electron chi connectivity index (χ3n) is 3.55. The lowest BCUT2D eigenvalue weighted by Crippen LogP contribution is -2.22. The summed E-state index contributed by atoms with van der Waals surface area (Å²) >= 11 is 1.33. The molecule has 0 saturated carbocycles. The average molecular weight is 359 g/mol. The second-order valence-electron chi connectivity index (χ2n) is 5.20. The topological polar surface area (TPSA) is 82.4 Å². The lowest BCUT2D eigenvalue weighted by atomic mass is 10.1. The zero-order valence-corrected chi connectivity index (χ0v) is 14.4. The number of benzene rings is 1. The van der Waals surface area contributed by atoms with Crippen molar-refractivity contribution in [3.05, 3.63) is 52.4 Å². The van der Waals surface area contributed by atoms with Crippen LogP contribution in [0.3, 0.4) is 0 Å². The minimum absolute atomic E-state index is 0.118. The van der Waals surface area contributed by atoms with Gasteiger partial charge in [-0.25, -0.2) is 4.98 Å². The van der Waals surface area contributed by atoms with Crippen molar-refractivity contribution in [3.63, 3.8) is 0 Å². The number of anilines is 1. The lowest BCUT2D eigenvalue weighted by molar-refractivity contribution is -0.118. The van der Waals surface area contributed by atoms with Gasteiger partial charge in [0.25, 0.3) is 11.5 Å². The maximum Gasteiger partial charge on any atom is 0.264 e. The number of thiazole rings is 1. The number of hydrogen-bond acceptors (Lipinski definition) is 6. The van der Waals surface area contributed by atoms with Crippen molar-refractivity contribution < 1.29 is 14.3 Å². The Balaban J connectivity index is 1.76. The molecule has 0 saturated heterocycles. The Labute approximate surface area is 147 Å². The Hall–Kier alpha value is -2.71. The van der Waals surface area contributed by atoms with Crippen LogP contribution in [-0.4, -0.2) is 35.8 Å². The van der Waals surface area contributed by atoms with Crippen LogP contribution in [0.15, 0.2) is 46.8 Å². The molecule has 1 N–H and O–H groups in total. The minimum Gasteiger partial charge on any atom is -0.483 e. The number of rotatable bonds is 7. The summed E-state index contributed by atoms with van der Waals surface area (Å²) in [6, 6.07) is 7.01. The number of methoxy groups -OCH3 is 1. The summed E-state index contributed by atoms with van der Waals surface area (Å²) in [5.74, 6) is 0.183. The highest BCUT2D eigenvalue weighted by Gasteiger charge is 2.10. The average Bonchev–Trinajstić information content (AvgIpc) is 3.12. The molecule has 1 aromatic carbocycles. The number of hydrogen-bond donors (Lipinski definition) is 1. The van der Waals surface area contributed by atoms with E-state index in [1.165, 1.54) is 11.3 Å². The number of pyridine rings is 1. The van der Waals surface area contributed by atoms with Crippen molar-refractivity contribution in [1.29, 1.82) is 0 Å². The van der Waals surface area contributed by atoms with E-state index in [-0.39, 0.29) is 18.1 Å². The van der Waals surface area contributed by atoms with Crippen molar-refractivity contribution >= 4 is 33.1 Å². The second-order valence-corrected chi connectivity index (χ2v) is 6.09. The van der Waals surface area contributed by atoms with Crippen molar-refractivity contribution in [2.75, 3.05) is 25.6 Å². The third-order valence-corrected chi connectivity index (χ3v) is 4.24.